The fourth-order valence-electron chi connectivity index (χ4n) is 3.39. The number of carbonyl (C=O) groups is 1. The van der Waals surface area contributed by atoms with Gasteiger partial charge in [0, 0.05) is 25.3 Å². The van der Waals surface area contributed by atoms with Crippen molar-refractivity contribution in [1.29, 1.82) is 0 Å². The predicted octanol–water partition coefficient (Wildman–Crippen LogP) is 2.28. The van der Waals surface area contributed by atoms with E-state index in [-0.39, 0.29) is 40.9 Å². The van der Waals surface area contributed by atoms with Gasteiger partial charge in [-0.2, -0.15) is 13.2 Å². The number of phenols is 1. The molecular weight excluding hydrogens is 403 g/mol. The Hall–Kier alpha value is -2.92. The Morgan fingerprint density at radius 1 is 1.37 bits per heavy atom. The molecule has 1 saturated heterocycles. The summed E-state index contributed by atoms with van der Waals surface area (Å²) >= 11 is 0. The number of aromatic nitrogens is 2. The van der Waals surface area contributed by atoms with Gasteiger partial charge in [0.15, 0.2) is 5.82 Å². The number of nitrogens with two attached hydrogens (primary N) is 1. The molecule has 1 atom stereocenters. The van der Waals surface area contributed by atoms with Crippen LogP contribution in [0.25, 0.3) is 11.3 Å². The lowest BCUT2D eigenvalue weighted by molar-refractivity contribution is -0.137. The summed E-state index contributed by atoms with van der Waals surface area (Å²) in [5, 5.41) is 24.7. The Kier molecular flexibility index (Phi) is 6.42. The summed E-state index contributed by atoms with van der Waals surface area (Å²) in [5.74, 6) is -1.25. The average Bonchev–Trinajstić information content (AvgIpc) is 2.68. The maximum absolute atomic E-state index is 13.1. The van der Waals surface area contributed by atoms with Gasteiger partial charge in [0.05, 0.1) is 23.4 Å². The number of piperidine rings is 1. The third kappa shape index (κ3) is 4.79. The summed E-state index contributed by atoms with van der Waals surface area (Å²) in [6.07, 6.45) is -2.83. The zero-order chi connectivity index (χ0) is 21.9. The molecule has 0 spiro atoms. The lowest BCUT2D eigenvalue weighted by Crippen LogP contribution is -2.39. The molecule has 3 rings (SSSR count). The van der Waals surface area contributed by atoms with Crippen molar-refractivity contribution in [3.63, 3.8) is 0 Å². The second-order valence-electron chi connectivity index (χ2n) is 7.00. The molecule has 0 saturated carbocycles. The zero-order valence-corrected chi connectivity index (χ0v) is 16.2. The third-order valence-electron chi connectivity index (χ3n) is 4.78. The molecule has 2 heterocycles. The maximum Gasteiger partial charge on any atom is 0.416 e. The average molecular weight is 425 g/mol. The number of anilines is 1. The van der Waals surface area contributed by atoms with Crippen molar-refractivity contribution >= 4 is 11.7 Å². The quantitative estimate of drug-likeness (QED) is 0.560. The number of ether oxygens (including phenoxy) is 1. The van der Waals surface area contributed by atoms with E-state index in [9.17, 15) is 23.1 Å². The first-order valence-corrected chi connectivity index (χ1v) is 9.28. The van der Waals surface area contributed by atoms with Crippen molar-refractivity contribution in [2.24, 2.45) is 5.73 Å². The van der Waals surface area contributed by atoms with Crippen molar-refractivity contribution in [3.8, 4) is 17.0 Å². The number of carbonyl (C=O) groups excluding carboxylic acids is 1. The van der Waals surface area contributed by atoms with Crippen LogP contribution in [0.15, 0.2) is 18.2 Å². The van der Waals surface area contributed by atoms with E-state index in [1.165, 1.54) is 13.2 Å². The van der Waals surface area contributed by atoms with Crippen LogP contribution in [0.4, 0.5) is 19.0 Å². The molecule has 162 valence electrons. The van der Waals surface area contributed by atoms with Gasteiger partial charge < -0.3 is 26.2 Å². The van der Waals surface area contributed by atoms with Gasteiger partial charge in [0.1, 0.15) is 5.75 Å². The number of hydrogen-bond donors (Lipinski definition) is 4. The van der Waals surface area contributed by atoms with Crippen LogP contribution in [0.1, 0.15) is 34.3 Å². The number of phenolic OH excluding ortho intramolecular Hbond substituents is 1. The molecule has 1 unspecified atom stereocenters. The standard InChI is InChI=1S/C19H22F3N5O3/c1-30-9-10-5-11(19(20,21)22)6-15(28)16(10)14-7-13(17(23)29)18(27-26-14)25-12-3-2-4-24-8-12/h5-7,12,24,28H,2-4,8-9H2,1H3,(H2,23,29)(H,25,27). The van der Waals surface area contributed by atoms with Gasteiger partial charge in [0.2, 0.25) is 0 Å². The highest BCUT2D eigenvalue weighted by atomic mass is 19.4. The summed E-state index contributed by atoms with van der Waals surface area (Å²) in [6, 6.07) is 2.79. The van der Waals surface area contributed by atoms with Crippen LogP contribution in [-0.4, -0.2) is 47.5 Å². The highest BCUT2D eigenvalue weighted by Crippen LogP contribution is 2.39. The number of methoxy groups -OCH3 is 1. The molecule has 11 heteroatoms. The molecule has 0 aliphatic carbocycles. The number of nitrogens with zero attached hydrogens (tertiary/aromatic N) is 2. The number of nitrogens with one attached hydrogen (secondary N) is 2. The van der Waals surface area contributed by atoms with Gasteiger partial charge in [-0.3, -0.25) is 4.79 Å². The minimum absolute atomic E-state index is 0.00858. The highest BCUT2D eigenvalue weighted by Gasteiger charge is 2.33. The van der Waals surface area contributed by atoms with E-state index in [0.29, 0.717) is 12.6 Å². The topological polar surface area (TPSA) is 122 Å². The Labute approximate surface area is 170 Å². The van der Waals surface area contributed by atoms with Crippen molar-refractivity contribution < 1.29 is 27.8 Å². The lowest BCUT2D eigenvalue weighted by Gasteiger charge is -2.24. The zero-order valence-electron chi connectivity index (χ0n) is 16.2. The van der Waals surface area contributed by atoms with Crippen LogP contribution in [0.2, 0.25) is 0 Å². The number of benzene rings is 1. The normalized spacial score (nSPS) is 17.0. The minimum atomic E-state index is -4.65. The summed E-state index contributed by atoms with van der Waals surface area (Å²) in [4.78, 5) is 12.0. The number of rotatable bonds is 6. The first-order chi connectivity index (χ1) is 14.2. The second kappa shape index (κ2) is 8.84. The SMILES string of the molecule is COCc1cc(C(F)(F)F)cc(O)c1-c1cc(C(N)=O)c(NC2CCCNC2)nn1. The number of amides is 1. The van der Waals surface area contributed by atoms with Crippen LogP contribution in [0, 0.1) is 0 Å². The molecule has 1 amide bonds. The lowest BCUT2D eigenvalue weighted by atomic mass is 9.98. The summed E-state index contributed by atoms with van der Waals surface area (Å²) < 4.78 is 44.3. The van der Waals surface area contributed by atoms with Gasteiger partial charge in [-0.05, 0) is 43.1 Å². The van der Waals surface area contributed by atoms with Gasteiger partial charge in [-0.25, -0.2) is 0 Å². The summed E-state index contributed by atoms with van der Waals surface area (Å²) in [7, 11) is 1.31. The van der Waals surface area contributed by atoms with Gasteiger partial charge >= 0.3 is 6.18 Å². The van der Waals surface area contributed by atoms with E-state index in [1.54, 1.807) is 0 Å². The molecule has 8 nitrogen and oxygen atoms in total. The molecule has 1 aromatic carbocycles. The van der Waals surface area contributed by atoms with E-state index in [4.69, 9.17) is 10.5 Å². The third-order valence-corrected chi connectivity index (χ3v) is 4.78. The largest absolute Gasteiger partial charge is 0.507 e. The van der Waals surface area contributed by atoms with E-state index >= 15 is 0 Å². The number of alkyl halides is 3. The van der Waals surface area contributed by atoms with Crippen LogP contribution in [0.3, 0.4) is 0 Å². The smallest absolute Gasteiger partial charge is 0.416 e. The number of primary amides is 1. The molecule has 1 fully saturated rings. The fraction of sp³-hybridized carbons (Fsp3) is 0.421. The highest BCUT2D eigenvalue weighted by molar-refractivity contribution is 5.98. The molecule has 1 aromatic heterocycles. The van der Waals surface area contributed by atoms with E-state index < -0.39 is 23.4 Å². The minimum Gasteiger partial charge on any atom is -0.507 e. The van der Waals surface area contributed by atoms with E-state index in [1.807, 2.05) is 0 Å². The van der Waals surface area contributed by atoms with Gasteiger partial charge in [0.25, 0.3) is 5.91 Å². The molecule has 30 heavy (non-hydrogen) atoms. The van der Waals surface area contributed by atoms with Crippen molar-refractivity contribution in [2.75, 3.05) is 25.5 Å². The number of hydrogen-bond acceptors (Lipinski definition) is 7. The first-order valence-electron chi connectivity index (χ1n) is 9.28. The Morgan fingerprint density at radius 3 is 2.73 bits per heavy atom. The molecule has 0 radical (unpaired) electrons. The van der Waals surface area contributed by atoms with Crippen molar-refractivity contribution in [1.82, 2.24) is 15.5 Å². The molecule has 0 bridgehead atoms. The summed E-state index contributed by atoms with van der Waals surface area (Å²) in [6.45, 7) is 1.37. The second-order valence-corrected chi connectivity index (χ2v) is 7.00. The molecule has 5 N–H and O–H groups in total. The monoisotopic (exact) mass is 425 g/mol. The molecule has 1 aliphatic heterocycles. The maximum atomic E-state index is 13.1. The molecule has 2 aromatic rings. The molecule has 1 aliphatic rings. The Balaban J connectivity index is 2.04. The Morgan fingerprint density at radius 2 is 2.13 bits per heavy atom. The molecular formula is C19H22F3N5O3. The Bertz CT molecular complexity index is 930. The first kappa shape index (κ1) is 21.8. The van der Waals surface area contributed by atoms with Gasteiger partial charge in [-0.1, -0.05) is 0 Å². The van der Waals surface area contributed by atoms with Crippen LogP contribution in [0.5, 0.6) is 5.75 Å². The van der Waals surface area contributed by atoms with E-state index in [0.717, 1.165) is 25.5 Å². The van der Waals surface area contributed by atoms with Crippen molar-refractivity contribution in [3.05, 3.63) is 34.9 Å². The van der Waals surface area contributed by atoms with Crippen LogP contribution in [-0.2, 0) is 17.5 Å². The van der Waals surface area contributed by atoms with Gasteiger partial charge in [-0.15, -0.1) is 10.2 Å². The van der Waals surface area contributed by atoms with E-state index in [2.05, 4.69) is 20.8 Å². The van der Waals surface area contributed by atoms with Crippen LogP contribution < -0.4 is 16.4 Å². The summed E-state index contributed by atoms with van der Waals surface area (Å²) in [5.41, 5.74) is 4.53. The number of aromatic hydroxyl groups is 1. The van der Waals surface area contributed by atoms with Crippen molar-refractivity contribution in [2.45, 2.75) is 31.7 Å². The fourth-order valence-corrected chi connectivity index (χ4v) is 3.39. The van der Waals surface area contributed by atoms with Crippen LogP contribution >= 0.6 is 0 Å². The predicted molar refractivity (Wildman–Crippen MR) is 103 cm³/mol. The number of halogens is 3.